The van der Waals surface area contributed by atoms with Gasteiger partial charge in [0.1, 0.15) is 5.52 Å². The fraction of sp³-hybridized carbons (Fsp3) is 0.533. The van der Waals surface area contributed by atoms with Gasteiger partial charge in [0.2, 0.25) is 0 Å². The summed E-state index contributed by atoms with van der Waals surface area (Å²) in [4.78, 5) is 4.67. The van der Waals surface area contributed by atoms with Crippen molar-refractivity contribution < 1.29 is 4.42 Å². The van der Waals surface area contributed by atoms with Gasteiger partial charge in [0, 0.05) is 12.5 Å². The van der Waals surface area contributed by atoms with E-state index in [9.17, 15) is 0 Å². The summed E-state index contributed by atoms with van der Waals surface area (Å²) in [6.07, 6.45) is 4.68. The highest BCUT2D eigenvalue weighted by molar-refractivity contribution is 5.73. The summed E-state index contributed by atoms with van der Waals surface area (Å²) in [7, 11) is 0. The summed E-state index contributed by atoms with van der Waals surface area (Å²) in [6, 6.07) is 6.38. The smallest absolute Gasteiger partial charge is 0.199 e. The van der Waals surface area contributed by atoms with Crippen LogP contribution in [0.2, 0.25) is 0 Å². The molecule has 3 rings (SSSR count). The number of benzene rings is 1. The minimum Gasteiger partial charge on any atom is -0.440 e. The van der Waals surface area contributed by atoms with E-state index in [1.807, 2.05) is 0 Å². The fourth-order valence-corrected chi connectivity index (χ4v) is 2.67. The topological polar surface area (TPSA) is 38.1 Å². The van der Waals surface area contributed by atoms with Crippen molar-refractivity contribution in [2.45, 2.75) is 38.5 Å². The van der Waals surface area contributed by atoms with Crippen molar-refractivity contribution in [1.82, 2.24) is 10.3 Å². The summed E-state index contributed by atoms with van der Waals surface area (Å²) in [6.45, 7) is 4.32. The lowest BCUT2D eigenvalue weighted by atomic mass is 10.00. The Kier molecular flexibility index (Phi) is 3.33. The van der Waals surface area contributed by atoms with Crippen LogP contribution in [0.1, 0.15) is 43.6 Å². The summed E-state index contributed by atoms with van der Waals surface area (Å²) in [5.41, 5.74) is 3.29. The van der Waals surface area contributed by atoms with Crippen LogP contribution in [0.5, 0.6) is 0 Å². The summed E-state index contributed by atoms with van der Waals surface area (Å²) in [5.74, 6) is 1.35. The predicted octanol–water partition coefficient (Wildman–Crippen LogP) is 3.25. The van der Waals surface area contributed by atoms with Crippen LogP contribution in [0, 0.1) is 0 Å². The summed E-state index contributed by atoms with van der Waals surface area (Å²) >= 11 is 0. The minimum absolute atomic E-state index is 0.445. The molecule has 0 radical (unpaired) electrons. The molecule has 1 aliphatic heterocycles. The molecular weight excluding hydrogens is 224 g/mol. The lowest BCUT2D eigenvalue weighted by Crippen LogP contribution is -2.28. The number of aromatic nitrogens is 1. The van der Waals surface area contributed by atoms with Gasteiger partial charge in [0.15, 0.2) is 11.5 Å². The molecule has 3 nitrogen and oxygen atoms in total. The van der Waals surface area contributed by atoms with Crippen LogP contribution in [-0.4, -0.2) is 18.1 Å². The molecule has 1 fully saturated rings. The van der Waals surface area contributed by atoms with Crippen molar-refractivity contribution in [2.24, 2.45) is 0 Å². The monoisotopic (exact) mass is 244 g/mol. The highest BCUT2D eigenvalue weighted by Crippen LogP contribution is 2.26. The van der Waals surface area contributed by atoms with Gasteiger partial charge in [-0.25, -0.2) is 4.98 Å². The van der Waals surface area contributed by atoms with Gasteiger partial charge >= 0.3 is 0 Å². The molecule has 0 saturated carbocycles. The fourth-order valence-electron chi connectivity index (χ4n) is 2.67. The molecule has 1 aromatic heterocycles. The normalized spacial score (nSPS) is 20.4. The molecule has 0 spiro atoms. The van der Waals surface area contributed by atoms with E-state index >= 15 is 0 Å². The van der Waals surface area contributed by atoms with E-state index in [-0.39, 0.29) is 0 Å². The maximum Gasteiger partial charge on any atom is 0.199 e. The Morgan fingerprint density at radius 1 is 1.44 bits per heavy atom. The van der Waals surface area contributed by atoms with E-state index in [1.165, 1.54) is 24.8 Å². The number of oxazole rings is 1. The number of nitrogens with one attached hydrogen (secondary N) is 1. The van der Waals surface area contributed by atoms with E-state index in [0.29, 0.717) is 5.92 Å². The SMILES string of the molecule is CCCc1ccc2oc(C3CCCNC3)nc2c1. The van der Waals surface area contributed by atoms with Gasteiger partial charge < -0.3 is 9.73 Å². The van der Waals surface area contributed by atoms with E-state index in [4.69, 9.17) is 4.42 Å². The summed E-state index contributed by atoms with van der Waals surface area (Å²) in [5, 5.41) is 3.41. The maximum absolute atomic E-state index is 5.89. The first-order valence-electron chi connectivity index (χ1n) is 6.97. The van der Waals surface area contributed by atoms with Crippen molar-refractivity contribution in [3.63, 3.8) is 0 Å². The van der Waals surface area contributed by atoms with Crippen molar-refractivity contribution >= 4 is 11.1 Å². The van der Waals surface area contributed by atoms with E-state index in [0.717, 1.165) is 36.5 Å². The molecule has 18 heavy (non-hydrogen) atoms. The van der Waals surface area contributed by atoms with Crippen LogP contribution in [0.15, 0.2) is 22.6 Å². The zero-order chi connectivity index (χ0) is 12.4. The van der Waals surface area contributed by atoms with Gasteiger partial charge in [-0.05, 0) is 43.5 Å². The molecule has 1 saturated heterocycles. The number of piperidine rings is 1. The minimum atomic E-state index is 0.445. The number of nitrogens with zero attached hydrogens (tertiary/aromatic N) is 1. The molecule has 0 amide bonds. The highest BCUT2D eigenvalue weighted by Gasteiger charge is 2.20. The average Bonchev–Trinajstić information content (AvgIpc) is 2.83. The Bertz CT molecular complexity index is 526. The second kappa shape index (κ2) is 5.11. The molecule has 1 unspecified atom stereocenters. The number of hydrogen-bond acceptors (Lipinski definition) is 3. The molecule has 2 heterocycles. The third-order valence-corrected chi connectivity index (χ3v) is 3.65. The first kappa shape index (κ1) is 11.7. The number of hydrogen-bond donors (Lipinski definition) is 1. The molecule has 3 heteroatoms. The lowest BCUT2D eigenvalue weighted by molar-refractivity contribution is 0.387. The van der Waals surface area contributed by atoms with Crippen molar-refractivity contribution in [3.05, 3.63) is 29.7 Å². The van der Waals surface area contributed by atoms with Crippen molar-refractivity contribution in [1.29, 1.82) is 0 Å². The molecule has 1 aliphatic rings. The van der Waals surface area contributed by atoms with Gasteiger partial charge in [-0.1, -0.05) is 19.4 Å². The third-order valence-electron chi connectivity index (χ3n) is 3.65. The number of rotatable bonds is 3. The molecule has 1 aromatic carbocycles. The average molecular weight is 244 g/mol. The highest BCUT2D eigenvalue weighted by atomic mass is 16.3. The zero-order valence-corrected chi connectivity index (χ0v) is 10.9. The first-order chi connectivity index (χ1) is 8.86. The Morgan fingerprint density at radius 3 is 3.17 bits per heavy atom. The van der Waals surface area contributed by atoms with Gasteiger partial charge in [-0.15, -0.1) is 0 Å². The second-order valence-electron chi connectivity index (χ2n) is 5.15. The Labute approximate surface area is 108 Å². The van der Waals surface area contributed by atoms with Crippen LogP contribution < -0.4 is 5.32 Å². The predicted molar refractivity (Wildman–Crippen MR) is 72.8 cm³/mol. The first-order valence-corrected chi connectivity index (χ1v) is 6.97. The van der Waals surface area contributed by atoms with Crippen LogP contribution in [0.25, 0.3) is 11.1 Å². The van der Waals surface area contributed by atoms with Gasteiger partial charge in [-0.2, -0.15) is 0 Å². The lowest BCUT2D eigenvalue weighted by Gasteiger charge is -2.19. The number of aryl methyl sites for hydroxylation is 1. The van der Waals surface area contributed by atoms with Crippen LogP contribution >= 0.6 is 0 Å². The Balaban J connectivity index is 1.89. The molecule has 1 N–H and O–H groups in total. The van der Waals surface area contributed by atoms with E-state index in [2.05, 4.69) is 35.4 Å². The quantitative estimate of drug-likeness (QED) is 0.900. The Morgan fingerprint density at radius 2 is 2.39 bits per heavy atom. The zero-order valence-electron chi connectivity index (χ0n) is 10.9. The second-order valence-corrected chi connectivity index (χ2v) is 5.15. The van der Waals surface area contributed by atoms with Gasteiger partial charge in [0.05, 0.1) is 0 Å². The molecule has 1 atom stereocenters. The third kappa shape index (κ3) is 2.27. The van der Waals surface area contributed by atoms with Gasteiger partial charge in [0.25, 0.3) is 0 Å². The van der Waals surface area contributed by atoms with Gasteiger partial charge in [-0.3, -0.25) is 0 Å². The molecule has 0 aliphatic carbocycles. The standard InChI is InChI=1S/C15H20N2O/c1-2-4-11-6-7-14-13(9-11)17-15(18-14)12-5-3-8-16-10-12/h6-7,9,12,16H,2-5,8,10H2,1H3. The maximum atomic E-state index is 5.89. The Hall–Kier alpha value is -1.35. The largest absolute Gasteiger partial charge is 0.440 e. The molecule has 0 bridgehead atoms. The van der Waals surface area contributed by atoms with Crippen molar-refractivity contribution in [2.75, 3.05) is 13.1 Å². The van der Waals surface area contributed by atoms with Crippen LogP contribution in [0.3, 0.4) is 0 Å². The number of fused-ring (bicyclic) bond motifs is 1. The van der Waals surface area contributed by atoms with Crippen LogP contribution in [-0.2, 0) is 6.42 Å². The molecular formula is C15H20N2O. The molecule has 2 aromatic rings. The summed E-state index contributed by atoms with van der Waals surface area (Å²) < 4.78 is 5.89. The van der Waals surface area contributed by atoms with E-state index < -0.39 is 0 Å². The van der Waals surface area contributed by atoms with E-state index in [1.54, 1.807) is 0 Å². The molecule has 96 valence electrons. The van der Waals surface area contributed by atoms with Crippen molar-refractivity contribution in [3.8, 4) is 0 Å². The van der Waals surface area contributed by atoms with Crippen LogP contribution in [0.4, 0.5) is 0 Å².